The summed E-state index contributed by atoms with van der Waals surface area (Å²) < 4.78 is 0. The molecule has 0 spiro atoms. The number of rotatable bonds is 3. The number of hydrogen-bond donors (Lipinski definition) is 1. The molecule has 1 aromatic rings. The van der Waals surface area contributed by atoms with Crippen LogP contribution in [-0.2, 0) is 0 Å². The maximum atomic E-state index is 11.6. The minimum absolute atomic E-state index is 0.0365. The van der Waals surface area contributed by atoms with Crippen molar-refractivity contribution in [3.63, 3.8) is 0 Å². The van der Waals surface area contributed by atoms with Crippen molar-refractivity contribution < 1.29 is 0 Å². The number of nitrogens with zero attached hydrogens (tertiary/aromatic N) is 1. The molecule has 0 saturated carbocycles. The fourth-order valence-electron chi connectivity index (χ4n) is 1.26. The second-order valence-electron chi connectivity index (χ2n) is 4.02. The van der Waals surface area contributed by atoms with E-state index in [-0.39, 0.29) is 11.5 Å². The molecule has 1 rings (SSSR count). The summed E-state index contributed by atoms with van der Waals surface area (Å²) in [6.07, 6.45) is 2.71. The van der Waals surface area contributed by atoms with Gasteiger partial charge in [0, 0.05) is 17.8 Å². The second kappa shape index (κ2) is 4.40. The Balaban J connectivity index is 3.08. The molecule has 1 unspecified atom stereocenters. The van der Waals surface area contributed by atoms with Crippen molar-refractivity contribution in [1.29, 1.82) is 0 Å². The third-order valence-electron chi connectivity index (χ3n) is 2.53. The highest BCUT2D eigenvalue weighted by atomic mass is 16.1. The molecule has 0 bridgehead atoms. The molecule has 0 aliphatic carbocycles. The Labute approximate surface area is 84.6 Å². The molecule has 3 nitrogen and oxygen atoms in total. The minimum Gasteiger partial charge on any atom is -0.323 e. The van der Waals surface area contributed by atoms with Crippen molar-refractivity contribution in [1.82, 2.24) is 9.97 Å². The predicted octanol–water partition coefficient (Wildman–Crippen LogP) is 2.41. The van der Waals surface area contributed by atoms with Gasteiger partial charge in [0.2, 0.25) is 0 Å². The number of aromatic amines is 1. The van der Waals surface area contributed by atoms with E-state index in [1.165, 1.54) is 0 Å². The summed E-state index contributed by atoms with van der Waals surface area (Å²) in [5.74, 6) is 0.557. The lowest BCUT2D eigenvalue weighted by atomic mass is 10.1. The fraction of sp³-hybridized carbons (Fsp3) is 0.636. The normalized spacial score (nSPS) is 13.2. The van der Waals surface area contributed by atoms with Gasteiger partial charge in [0.15, 0.2) is 0 Å². The molecule has 0 aliphatic heterocycles. The van der Waals surface area contributed by atoms with Crippen molar-refractivity contribution in [3.05, 3.63) is 27.9 Å². The second-order valence-corrected chi connectivity index (χ2v) is 4.02. The van der Waals surface area contributed by atoms with Gasteiger partial charge in [0.05, 0.1) is 0 Å². The summed E-state index contributed by atoms with van der Waals surface area (Å²) in [5.41, 5.74) is 1.52. The zero-order chi connectivity index (χ0) is 10.7. The number of H-pyrrole nitrogens is 1. The van der Waals surface area contributed by atoms with Crippen LogP contribution >= 0.6 is 0 Å². The van der Waals surface area contributed by atoms with Crippen LogP contribution in [0.3, 0.4) is 0 Å². The molecule has 0 radical (unpaired) electrons. The quantitative estimate of drug-likeness (QED) is 0.803. The third kappa shape index (κ3) is 2.22. The Hall–Kier alpha value is -1.12. The first-order valence-electron chi connectivity index (χ1n) is 5.15. The Morgan fingerprint density at radius 1 is 1.43 bits per heavy atom. The van der Waals surface area contributed by atoms with E-state index in [1.54, 1.807) is 6.20 Å². The molecule has 1 atom stereocenters. The van der Waals surface area contributed by atoms with Crippen LogP contribution in [0.4, 0.5) is 0 Å². The predicted molar refractivity (Wildman–Crippen MR) is 57.7 cm³/mol. The van der Waals surface area contributed by atoms with Gasteiger partial charge < -0.3 is 4.98 Å². The van der Waals surface area contributed by atoms with Crippen LogP contribution in [0.5, 0.6) is 0 Å². The highest BCUT2D eigenvalue weighted by molar-refractivity contribution is 5.09. The van der Waals surface area contributed by atoms with E-state index in [9.17, 15) is 4.79 Å². The molecule has 78 valence electrons. The van der Waals surface area contributed by atoms with Crippen LogP contribution in [0.15, 0.2) is 11.0 Å². The van der Waals surface area contributed by atoms with Gasteiger partial charge in [0.25, 0.3) is 5.56 Å². The Bertz CT molecular complexity index is 355. The number of nitrogens with one attached hydrogen (secondary N) is 1. The van der Waals surface area contributed by atoms with Crippen LogP contribution in [-0.4, -0.2) is 9.97 Å². The average molecular weight is 194 g/mol. The van der Waals surface area contributed by atoms with Gasteiger partial charge in [-0.3, -0.25) is 9.78 Å². The highest BCUT2D eigenvalue weighted by Gasteiger charge is 2.10. The van der Waals surface area contributed by atoms with Crippen molar-refractivity contribution >= 4 is 0 Å². The Kier molecular flexibility index (Phi) is 3.44. The van der Waals surface area contributed by atoms with Gasteiger partial charge in [-0.25, -0.2) is 0 Å². The lowest BCUT2D eigenvalue weighted by molar-refractivity contribution is 0.682. The van der Waals surface area contributed by atoms with Crippen LogP contribution in [0.1, 0.15) is 57.3 Å². The van der Waals surface area contributed by atoms with Gasteiger partial charge in [-0.2, -0.15) is 0 Å². The molecule has 1 aromatic heterocycles. The van der Waals surface area contributed by atoms with Crippen LogP contribution in [0.25, 0.3) is 0 Å². The van der Waals surface area contributed by atoms with Crippen LogP contribution < -0.4 is 5.56 Å². The molecule has 1 N–H and O–H groups in total. The Morgan fingerprint density at radius 2 is 2.07 bits per heavy atom. The number of hydrogen-bond acceptors (Lipinski definition) is 2. The largest absolute Gasteiger partial charge is 0.323 e. The number of aromatic nitrogens is 2. The van der Waals surface area contributed by atoms with E-state index in [4.69, 9.17) is 0 Å². The molecule has 0 amide bonds. The smallest absolute Gasteiger partial charge is 0.270 e. The maximum absolute atomic E-state index is 11.6. The lowest BCUT2D eigenvalue weighted by Gasteiger charge is -2.09. The zero-order valence-corrected chi connectivity index (χ0v) is 9.29. The topological polar surface area (TPSA) is 45.8 Å². The molecule has 0 saturated heterocycles. The first-order chi connectivity index (χ1) is 6.56. The summed E-state index contributed by atoms with van der Waals surface area (Å²) in [6, 6.07) is 0. The summed E-state index contributed by atoms with van der Waals surface area (Å²) in [6.45, 7) is 8.15. The SMILES string of the molecule is CCC(C)c1ncc(C(C)C)[nH]c1=O. The van der Waals surface area contributed by atoms with Gasteiger partial charge in [-0.15, -0.1) is 0 Å². The lowest BCUT2D eigenvalue weighted by Crippen LogP contribution is -2.19. The van der Waals surface area contributed by atoms with Gasteiger partial charge in [0.1, 0.15) is 5.69 Å². The fourth-order valence-corrected chi connectivity index (χ4v) is 1.26. The van der Waals surface area contributed by atoms with Crippen molar-refractivity contribution in [2.75, 3.05) is 0 Å². The molecule has 0 aliphatic rings. The molecular formula is C11H18N2O. The molecule has 0 aromatic carbocycles. The van der Waals surface area contributed by atoms with E-state index in [0.717, 1.165) is 12.1 Å². The first kappa shape index (κ1) is 11.0. The summed E-state index contributed by atoms with van der Waals surface area (Å²) >= 11 is 0. The van der Waals surface area contributed by atoms with E-state index in [1.807, 2.05) is 20.8 Å². The van der Waals surface area contributed by atoms with Gasteiger partial charge in [-0.1, -0.05) is 27.7 Å². The summed E-state index contributed by atoms with van der Waals surface area (Å²) in [4.78, 5) is 18.7. The van der Waals surface area contributed by atoms with Gasteiger partial charge in [-0.05, 0) is 12.3 Å². The average Bonchev–Trinajstić information content (AvgIpc) is 2.16. The van der Waals surface area contributed by atoms with E-state index in [2.05, 4.69) is 16.9 Å². The standard InChI is InChI=1S/C11H18N2O/c1-5-8(4)10-11(14)13-9(6-12-10)7(2)3/h6-8H,5H2,1-4H3,(H,13,14). The van der Waals surface area contributed by atoms with Crippen LogP contribution in [0.2, 0.25) is 0 Å². The minimum atomic E-state index is -0.0365. The highest BCUT2D eigenvalue weighted by Crippen LogP contribution is 2.13. The molecule has 14 heavy (non-hydrogen) atoms. The van der Waals surface area contributed by atoms with E-state index >= 15 is 0 Å². The zero-order valence-electron chi connectivity index (χ0n) is 9.29. The van der Waals surface area contributed by atoms with E-state index < -0.39 is 0 Å². The van der Waals surface area contributed by atoms with E-state index in [0.29, 0.717) is 11.6 Å². The maximum Gasteiger partial charge on any atom is 0.270 e. The Morgan fingerprint density at radius 3 is 2.50 bits per heavy atom. The van der Waals surface area contributed by atoms with Gasteiger partial charge >= 0.3 is 0 Å². The molecule has 3 heteroatoms. The molecule has 0 fully saturated rings. The molecule has 1 heterocycles. The summed E-state index contributed by atoms with van der Waals surface area (Å²) in [5, 5.41) is 0. The summed E-state index contributed by atoms with van der Waals surface area (Å²) in [7, 11) is 0. The molecular weight excluding hydrogens is 176 g/mol. The van der Waals surface area contributed by atoms with Crippen molar-refractivity contribution in [3.8, 4) is 0 Å². The monoisotopic (exact) mass is 194 g/mol. The van der Waals surface area contributed by atoms with Crippen molar-refractivity contribution in [2.45, 2.75) is 46.0 Å². The van der Waals surface area contributed by atoms with Crippen LogP contribution in [0, 0.1) is 0 Å². The first-order valence-corrected chi connectivity index (χ1v) is 5.15. The third-order valence-corrected chi connectivity index (χ3v) is 2.53. The van der Waals surface area contributed by atoms with Crippen molar-refractivity contribution in [2.24, 2.45) is 0 Å².